The summed E-state index contributed by atoms with van der Waals surface area (Å²) in [6.45, 7) is 7.61. The molecule has 3 aromatic rings. The first-order valence-electron chi connectivity index (χ1n) is 9.96. The van der Waals surface area contributed by atoms with Gasteiger partial charge < -0.3 is 19.5 Å². The minimum absolute atomic E-state index is 0.0148. The highest BCUT2D eigenvalue weighted by molar-refractivity contribution is 5.97. The number of carbonyl (C=O) groups is 1. The zero-order valence-corrected chi connectivity index (χ0v) is 16.7. The van der Waals surface area contributed by atoms with Gasteiger partial charge in [-0.1, -0.05) is 5.16 Å². The van der Waals surface area contributed by atoms with Crippen molar-refractivity contribution < 1.29 is 14.4 Å². The standard InChI is InChI=1S/C21H25N5O3/c1-13-17(14(2)29-24-13)8-25-6-16-7-26(10-21(16,9-25)11-27)20(28)15-3-4-18-19(5-15)23-12-22-18/h3-5,12,16,27H,6-11H2,1-2H3,(H,22,23). The number of H-pyrrole nitrogens is 1. The molecule has 5 rings (SSSR count). The molecule has 2 aromatic heterocycles. The van der Waals surface area contributed by atoms with Crippen LogP contribution in [0.3, 0.4) is 0 Å². The van der Waals surface area contributed by atoms with E-state index in [-0.39, 0.29) is 23.8 Å². The zero-order chi connectivity index (χ0) is 20.2. The van der Waals surface area contributed by atoms with E-state index in [4.69, 9.17) is 4.52 Å². The van der Waals surface area contributed by atoms with Crippen molar-refractivity contribution in [1.82, 2.24) is 24.9 Å². The van der Waals surface area contributed by atoms with Gasteiger partial charge in [0.25, 0.3) is 5.91 Å². The molecule has 2 aliphatic heterocycles. The normalized spacial score (nSPS) is 24.5. The number of nitrogens with zero attached hydrogens (tertiary/aromatic N) is 4. The Hall–Kier alpha value is -2.71. The first-order chi connectivity index (χ1) is 14.0. The van der Waals surface area contributed by atoms with E-state index >= 15 is 0 Å². The lowest BCUT2D eigenvalue weighted by Gasteiger charge is -2.27. The second kappa shape index (κ2) is 6.67. The van der Waals surface area contributed by atoms with E-state index < -0.39 is 0 Å². The highest BCUT2D eigenvalue weighted by atomic mass is 16.5. The summed E-state index contributed by atoms with van der Waals surface area (Å²) in [4.78, 5) is 24.6. The number of carbonyl (C=O) groups excluding carboxylic acids is 1. The highest BCUT2D eigenvalue weighted by Crippen LogP contribution is 2.43. The number of hydrogen-bond donors (Lipinski definition) is 2. The first kappa shape index (κ1) is 18.3. The summed E-state index contributed by atoms with van der Waals surface area (Å²) < 4.78 is 5.29. The number of benzene rings is 1. The van der Waals surface area contributed by atoms with Crippen molar-refractivity contribution in [3.63, 3.8) is 0 Å². The number of likely N-dealkylation sites (tertiary alicyclic amines) is 2. The fourth-order valence-corrected chi connectivity index (χ4v) is 4.99. The maximum Gasteiger partial charge on any atom is 0.253 e. The van der Waals surface area contributed by atoms with Crippen LogP contribution in [0.2, 0.25) is 0 Å². The zero-order valence-electron chi connectivity index (χ0n) is 16.7. The lowest BCUT2D eigenvalue weighted by atomic mass is 9.82. The molecule has 152 valence electrons. The Bertz CT molecular complexity index is 1050. The molecule has 29 heavy (non-hydrogen) atoms. The van der Waals surface area contributed by atoms with Gasteiger partial charge in [-0.2, -0.15) is 0 Å². The number of nitrogens with one attached hydrogen (secondary N) is 1. The molecule has 1 amide bonds. The molecule has 2 aliphatic rings. The minimum atomic E-state index is -0.271. The summed E-state index contributed by atoms with van der Waals surface area (Å²) in [6, 6.07) is 5.55. The summed E-state index contributed by atoms with van der Waals surface area (Å²) in [5, 5.41) is 14.3. The maximum atomic E-state index is 13.1. The van der Waals surface area contributed by atoms with E-state index in [2.05, 4.69) is 20.0 Å². The van der Waals surface area contributed by atoms with Crippen LogP contribution in [0.5, 0.6) is 0 Å². The van der Waals surface area contributed by atoms with Crippen LogP contribution in [0.4, 0.5) is 0 Å². The van der Waals surface area contributed by atoms with Crippen LogP contribution in [-0.4, -0.2) is 68.7 Å². The lowest BCUT2D eigenvalue weighted by Crippen LogP contribution is -2.38. The Labute approximate surface area is 168 Å². The van der Waals surface area contributed by atoms with Crippen molar-refractivity contribution in [2.45, 2.75) is 20.4 Å². The fraction of sp³-hybridized carbons (Fsp3) is 0.476. The molecule has 4 heterocycles. The van der Waals surface area contributed by atoms with Crippen molar-refractivity contribution in [3.8, 4) is 0 Å². The third-order valence-corrected chi connectivity index (χ3v) is 6.66. The van der Waals surface area contributed by atoms with Gasteiger partial charge in [-0.15, -0.1) is 0 Å². The van der Waals surface area contributed by atoms with Gasteiger partial charge in [0.1, 0.15) is 5.76 Å². The molecule has 2 fully saturated rings. The molecule has 2 unspecified atom stereocenters. The molecule has 0 radical (unpaired) electrons. The Morgan fingerprint density at radius 2 is 2.21 bits per heavy atom. The van der Waals surface area contributed by atoms with Crippen molar-refractivity contribution in [2.24, 2.45) is 11.3 Å². The predicted molar refractivity (Wildman–Crippen MR) is 106 cm³/mol. The molecule has 0 aliphatic carbocycles. The summed E-state index contributed by atoms with van der Waals surface area (Å²) in [5.74, 6) is 1.12. The van der Waals surface area contributed by atoms with Gasteiger partial charge in [0.05, 0.1) is 29.7 Å². The highest BCUT2D eigenvalue weighted by Gasteiger charge is 2.53. The Morgan fingerprint density at radius 3 is 2.93 bits per heavy atom. The molecule has 2 saturated heterocycles. The Balaban J connectivity index is 1.32. The van der Waals surface area contributed by atoms with Gasteiger partial charge in [-0.05, 0) is 38.0 Å². The molecule has 2 atom stereocenters. The minimum Gasteiger partial charge on any atom is -0.396 e. The number of amides is 1. The Kier molecular flexibility index (Phi) is 4.22. The molecule has 8 nitrogen and oxygen atoms in total. The molecule has 0 spiro atoms. The number of fused-ring (bicyclic) bond motifs is 2. The fourth-order valence-electron chi connectivity index (χ4n) is 4.99. The number of hydrogen-bond acceptors (Lipinski definition) is 6. The molecule has 0 saturated carbocycles. The third-order valence-electron chi connectivity index (χ3n) is 6.66. The van der Waals surface area contributed by atoms with Crippen LogP contribution in [0.1, 0.15) is 27.4 Å². The van der Waals surface area contributed by atoms with Gasteiger partial charge >= 0.3 is 0 Å². The van der Waals surface area contributed by atoms with Gasteiger partial charge in [-0.25, -0.2) is 4.98 Å². The monoisotopic (exact) mass is 395 g/mol. The second-order valence-corrected chi connectivity index (χ2v) is 8.51. The number of imidazole rings is 1. The molecule has 1 aromatic carbocycles. The third kappa shape index (κ3) is 2.94. The Morgan fingerprint density at radius 1 is 1.34 bits per heavy atom. The smallest absolute Gasteiger partial charge is 0.253 e. The van der Waals surface area contributed by atoms with Crippen LogP contribution >= 0.6 is 0 Å². The van der Waals surface area contributed by atoms with Crippen molar-refractivity contribution in [2.75, 3.05) is 32.8 Å². The average Bonchev–Trinajstić information content (AvgIpc) is 3.46. The van der Waals surface area contributed by atoms with Gasteiger partial charge in [0.15, 0.2) is 0 Å². The summed E-state index contributed by atoms with van der Waals surface area (Å²) in [7, 11) is 0. The predicted octanol–water partition coefficient (Wildman–Crippen LogP) is 1.73. The quantitative estimate of drug-likeness (QED) is 0.698. The van der Waals surface area contributed by atoms with Gasteiger partial charge in [0, 0.05) is 49.3 Å². The van der Waals surface area contributed by atoms with E-state index in [1.807, 2.05) is 36.9 Å². The number of aromatic amines is 1. The first-order valence-corrected chi connectivity index (χ1v) is 9.96. The number of aryl methyl sites for hydroxylation is 2. The van der Waals surface area contributed by atoms with E-state index in [0.29, 0.717) is 18.7 Å². The average molecular weight is 395 g/mol. The molecular formula is C21H25N5O3. The number of aliphatic hydroxyl groups is 1. The van der Waals surface area contributed by atoms with Crippen molar-refractivity contribution in [1.29, 1.82) is 0 Å². The molecule has 0 bridgehead atoms. The van der Waals surface area contributed by atoms with Crippen LogP contribution in [-0.2, 0) is 6.54 Å². The lowest BCUT2D eigenvalue weighted by molar-refractivity contribution is 0.0719. The van der Waals surface area contributed by atoms with Crippen molar-refractivity contribution >= 4 is 16.9 Å². The van der Waals surface area contributed by atoms with Crippen LogP contribution < -0.4 is 0 Å². The van der Waals surface area contributed by atoms with Crippen molar-refractivity contribution in [3.05, 3.63) is 47.1 Å². The summed E-state index contributed by atoms with van der Waals surface area (Å²) in [6.07, 6.45) is 1.63. The number of aliphatic hydroxyl groups excluding tert-OH is 1. The molecular weight excluding hydrogens is 370 g/mol. The second-order valence-electron chi connectivity index (χ2n) is 8.51. The summed E-state index contributed by atoms with van der Waals surface area (Å²) in [5.41, 5.74) is 4.14. The number of rotatable bonds is 4. The SMILES string of the molecule is Cc1noc(C)c1CN1CC2CN(C(=O)c3ccc4nc[nH]c4c3)CC2(CO)C1. The van der Waals surface area contributed by atoms with E-state index in [0.717, 1.165) is 47.7 Å². The van der Waals surface area contributed by atoms with E-state index in [1.165, 1.54) is 0 Å². The van der Waals surface area contributed by atoms with Gasteiger partial charge in [0.2, 0.25) is 0 Å². The maximum absolute atomic E-state index is 13.1. The van der Waals surface area contributed by atoms with Crippen LogP contribution in [0, 0.1) is 25.2 Å². The topological polar surface area (TPSA) is 98.5 Å². The van der Waals surface area contributed by atoms with E-state index in [1.54, 1.807) is 6.33 Å². The van der Waals surface area contributed by atoms with Crippen LogP contribution in [0.25, 0.3) is 11.0 Å². The summed E-state index contributed by atoms with van der Waals surface area (Å²) >= 11 is 0. The largest absolute Gasteiger partial charge is 0.396 e. The molecule has 8 heteroatoms. The van der Waals surface area contributed by atoms with E-state index in [9.17, 15) is 9.90 Å². The number of aromatic nitrogens is 3. The van der Waals surface area contributed by atoms with Crippen LogP contribution in [0.15, 0.2) is 29.0 Å². The van der Waals surface area contributed by atoms with Gasteiger partial charge in [-0.3, -0.25) is 9.69 Å². The molecule has 2 N–H and O–H groups in total.